The highest BCUT2D eigenvalue weighted by Crippen LogP contribution is 2.33. The molecule has 0 spiro atoms. The van der Waals surface area contributed by atoms with Crippen molar-refractivity contribution in [2.45, 2.75) is 11.8 Å². The Morgan fingerprint density at radius 1 is 1.23 bits per heavy atom. The highest BCUT2D eigenvalue weighted by Gasteiger charge is 2.20. The minimum atomic E-state index is -3.82. The molecule has 3 aromatic rings. The smallest absolute Gasteiger partial charge is 0.270 e. The van der Waals surface area contributed by atoms with Crippen molar-refractivity contribution in [1.29, 1.82) is 0 Å². The van der Waals surface area contributed by atoms with Crippen molar-refractivity contribution in [1.82, 2.24) is 10.1 Å². The van der Waals surface area contributed by atoms with Gasteiger partial charge in [-0.25, -0.2) is 12.8 Å². The Balaban J connectivity index is 1.94. The molecule has 9 heteroatoms. The zero-order chi connectivity index (χ0) is 15.7. The number of rotatable bonds is 4. The fourth-order valence-electron chi connectivity index (χ4n) is 1.76. The number of thiophene rings is 1. The zero-order valence-electron chi connectivity index (χ0n) is 11.3. The number of hydrogen-bond acceptors (Lipinski definition) is 6. The summed E-state index contributed by atoms with van der Waals surface area (Å²) in [5.74, 6) is 0.191. The second kappa shape index (κ2) is 5.50. The maximum atomic E-state index is 12.9. The van der Waals surface area contributed by atoms with Gasteiger partial charge in [0.05, 0.1) is 10.6 Å². The van der Waals surface area contributed by atoms with Gasteiger partial charge in [-0.2, -0.15) is 4.98 Å². The van der Waals surface area contributed by atoms with Crippen LogP contribution in [0.5, 0.6) is 0 Å². The Hall–Kier alpha value is -2.26. The second-order valence-corrected chi connectivity index (χ2v) is 6.97. The monoisotopic (exact) mass is 339 g/mol. The predicted molar refractivity (Wildman–Crippen MR) is 79.6 cm³/mol. The number of aryl methyl sites for hydroxylation is 1. The molecule has 0 unspecified atom stereocenters. The quantitative estimate of drug-likeness (QED) is 0.789. The van der Waals surface area contributed by atoms with Crippen LogP contribution in [0.1, 0.15) is 5.82 Å². The predicted octanol–water partition coefficient (Wildman–Crippen LogP) is 3.05. The highest BCUT2D eigenvalue weighted by molar-refractivity contribution is 7.92. The normalized spacial score (nSPS) is 11.5. The van der Waals surface area contributed by atoms with Crippen molar-refractivity contribution in [2.24, 2.45) is 0 Å². The number of benzene rings is 1. The van der Waals surface area contributed by atoms with Crippen molar-refractivity contribution in [3.8, 4) is 10.8 Å². The highest BCUT2D eigenvalue weighted by atomic mass is 32.2. The zero-order valence-corrected chi connectivity index (χ0v) is 12.9. The number of halogens is 1. The van der Waals surface area contributed by atoms with Crippen LogP contribution in [0.4, 0.5) is 10.1 Å². The Morgan fingerprint density at radius 2 is 1.95 bits per heavy atom. The first-order chi connectivity index (χ1) is 10.5. The molecule has 1 N–H and O–H groups in total. The number of aromatic nitrogens is 2. The van der Waals surface area contributed by atoms with Gasteiger partial charge in [-0.1, -0.05) is 5.16 Å². The van der Waals surface area contributed by atoms with Crippen molar-refractivity contribution in [3.05, 3.63) is 47.4 Å². The molecule has 0 radical (unpaired) electrons. The first-order valence-electron chi connectivity index (χ1n) is 6.12. The summed E-state index contributed by atoms with van der Waals surface area (Å²) in [4.78, 5) is 4.56. The van der Waals surface area contributed by atoms with Crippen LogP contribution in [-0.2, 0) is 10.0 Å². The van der Waals surface area contributed by atoms with E-state index in [1.807, 2.05) is 0 Å². The standard InChI is InChI=1S/C13H10FN3O3S2/c1-8-15-13(20-16-8)12-11(6-7-21-12)17-22(18,19)10-4-2-9(14)3-5-10/h2-7,17H,1H3. The number of nitrogens with one attached hydrogen (secondary N) is 1. The van der Waals surface area contributed by atoms with Gasteiger partial charge in [0.25, 0.3) is 15.9 Å². The largest absolute Gasteiger partial charge is 0.333 e. The average molecular weight is 339 g/mol. The lowest BCUT2D eigenvalue weighted by Crippen LogP contribution is -2.12. The van der Waals surface area contributed by atoms with E-state index in [9.17, 15) is 12.8 Å². The topological polar surface area (TPSA) is 85.1 Å². The fraction of sp³-hybridized carbons (Fsp3) is 0.0769. The third-order valence-corrected chi connectivity index (χ3v) is 5.04. The van der Waals surface area contributed by atoms with Crippen LogP contribution in [0, 0.1) is 12.7 Å². The van der Waals surface area contributed by atoms with Crippen LogP contribution in [0.15, 0.2) is 45.1 Å². The molecule has 0 saturated carbocycles. The summed E-state index contributed by atoms with van der Waals surface area (Å²) < 4.78 is 45.0. The van der Waals surface area contributed by atoms with E-state index in [0.29, 0.717) is 16.4 Å². The third-order valence-electron chi connectivity index (χ3n) is 2.76. The number of nitrogens with zero attached hydrogens (tertiary/aromatic N) is 2. The molecule has 0 aliphatic rings. The van der Waals surface area contributed by atoms with Gasteiger partial charge in [0.15, 0.2) is 5.82 Å². The molecule has 114 valence electrons. The molecule has 0 aliphatic heterocycles. The Labute approximate surface area is 129 Å². The summed E-state index contributed by atoms with van der Waals surface area (Å²) in [6.07, 6.45) is 0. The molecule has 0 atom stereocenters. The van der Waals surface area contributed by atoms with Gasteiger partial charge in [0.2, 0.25) is 0 Å². The molecular formula is C13H10FN3O3S2. The van der Waals surface area contributed by atoms with E-state index in [2.05, 4.69) is 14.9 Å². The van der Waals surface area contributed by atoms with E-state index < -0.39 is 15.8 Å². The summed E-state index contributed by atoms with van der Waals surface area (Å²) >= 11 is 1.27. The molecule has 0 aliphatic carbocycles. The minimum Gasteiger partial charge on any atom is -0.333 e. The van der Waals surface area contributed by atoms with Gasteiger partial charge in [0.1, 0.15) is 10.7 Å². The van der Waals surface area contributed by atoms with Gasteiger partial charge in [-0.05, 0) is 42.6 Å². The van der Waals surface area contributed by atoms with E-state index in [1.165, 1.54) is 23.5 Å². The fourth-order valence-corrected chi connectivity index (χ4v) is 3.67. The van der Waals surface area contributed by atoms with Crippen LogP contribution in [0.3, 0.4) is 0 Å². The molecule has 2 heterocycles. The lowest BCUT2D eigenvalue weighted by atomic mass is 10.4. The Morgan fingerprint density at radius 3 is 2.59 bits per heavy atom. The summed E-state index contributed by atoms with van der Waals surface area (Å²) in [7, 11) is -3.82. The van der Waals surface area contributed by atoms with Gasteiger partial charge in [-0.3, -0.25) is 4.72 Å². The summed E-state index contributed by atoms with van der Waals surface area (Å²) in [5, 5.41) is 5.39. The van der Waals surface area contributed by atoms with Crippen LogP contribution < -0.4 is 4.72 Å². The molecule has 0 fully saturated rings. The van der Waals surface area contributed by atoms with E-state index in [-0.39, 0.29) is 10.8 Å². The molecule has 0 bridgehead atoms. The number of hydrogen-bond donors (Lipinski definition) is 1. The SMILES string of the molecule is Cc1noc(-c2sccc2NS(=O)(=O)c2ccc(F)cc2)n1. The van der Waals surface area contributed by atoms with Crippen LogP contribution in [-0.4, -0.2) is 18.6 Å². The molecule has 0 saturated heterocycles. The lowest BCUT2D eigenvalue weighted by Gasteiger charge is -2.07. The van der Waals surface area contributed by atoms with Crippen LogP contribution in [0.2, 0.25) is 0 Å². The maximum absolute atomic E-state index is 12.9. The molecule has 3 rings (SSSR count). The number of sulfonamides is 1. The minimum absolute atomic E-state index is 0.0345. The van der Waals surface area contributed by atoms with E-state index >= 15 is 0 Å². The van der Waals surface area contributed by atoms with Crippen LogP contribution >= 0.6 is 11.3 Å². The van der Waals surface area contributed by atoms with Crippen molar-refractivity contribution >= 4 is 27.0 Å². The molecular weight excluding hydrogens is 329 g/mol. The summed E-state index contributed by atoms with van der Waals surface area (Å²) in [5.41, 5.74) is 0.331. The van der Waals surface area contributed by atoms with Crippen LogP contribution in [0.25, 0.3) is 10.8 Å². The van der Waals surface area contributed by atoms with E-state index in [0.717, 1.165) is 12.1 Å². The van der Waals surface area contributed by atoms with Gasteiger partial charge >= 0.3 is 0 Å². The van der Waals surface area contributed by atoms with Gasteiger partial charge in [0, 0.05) is 0 Å². The molecule has 2 aromatic heterocycles. The van der Waals surface area contributed by atoms with E-state index in [1.54, 1.807) is 18.4 Å². The van der Waals surface area contributed by atoms with Gasteiger partial charge in [-0.15, -0.1) is 11.3 Å². The third kappa shape index (κ3) is 2.85. The van der Waals surface area contributed by atoms with Crippen molar-refractivity contribution in [3.63, 3.8) is 0 Å². The first-order valence-corrected chi connectivity index (χ1v) is 8.48. The molecule has 0 amide bonds. The maximum Gasteiger partial charge on any atom is 0.270 e. The summed E-state index contributed by atoms with van der Waals surface area (Å²) in [6.45, 7) is 1.67. The van der Waals surface area contributed by atoms with E-state index in [4.69, 9.17) is 4.52 Å². The molecule has 22 heavy (non-hydrogen) atoms. The Bertz CT molecular complexity index is 901. The molecule has 1 aromatic carbocycles. The number of anilines is 1. The summed E-state index contributed by atoms with van der Waals surface area (Å²) in [6, 6.07) is 6.16. The molecule has 6 nitrogen and oxygen atoms in total. The van der Waals surface area contributed by atoms with Gasteiger partial charge < -0.3 is 4.52 Å². The van der Waals surface area contributed by atoms with Crippen molar-refractivity contribution < 1.29 is 17.3 Å². The first kappa shape index (κ1) is 14.7. The lowest BCUT2D eigenvalue weighted by molar-refractivity contribution is 0.426. The second-order valence-electron chi connectivity index (χ2n) is 4.37. The Kier molecular flexibility index (Phi) is 3.67. The van der Waals surface area contributed by atoms with Crippen molar-refractivity contribution in [2.75, 3.05) is 4.72 Å². The average Bonchev–Trinajstić information content (AvgIpc) is 3.07.